The lowest BCUT2D eigenvalue weighted by molar-refractivity contribution is -0.384. The molecule has 0 fully saturated rings. The van der Waals surface area contributed by atoms with Crippen LogP contribution in [0.15, 0.2) is 137 Å². The molecule has 2 N–H and O–H groups in total. The molecule has 290 valence electrons. The molecule has 56 heavy (non-hydrogen) atoms. The van der Waals surface area contributed by atoms with Gasteiger partial charge in [0.2, 0.25) is 0 Å². The van der Waals surface area contributed by atoms with Crippen LogP contribution in [-0.4, -0.2) is 74.6 Å². The Hall–Kier alpha value is -4.98. The predicted molar refractivity (Wildman–Crippen MR) is 227 cm³/mol. The van der Waals surface area contributed by atoms with E-state index >= 15 is 0 Å². The van der Waals surface area contributed by atoms with Gasteiger partial charge in [0.15, 0.2) is 0 Å². The maximum atomic E-state index is 13.3. The van der Waals surface area contributed by atoms with Crippen LogP contribution in [0.3, 0.4) is 0 Å². The van der Waals surface area contributed by atoms with Gasteiger partial charge in [0.25, 0.3) is 21.6 Å². The number of anilines is 1. The average Bonchev–Trinajstić information content (AvgIpc) is 3.20. The molecule has 5 aromatic rings. The fourth-order valence-electron chi connectivity index (χ4n) is 6.50. The zero-order chi connectivity index (χ0) is 39.7. The molecule has 10 nitrogen and oxygen atoms in total. The Labute approximate surface area is 337 Å². The van der Waals surface area contributed by atoms with Crippen LogP contribution in [0, 0.1) is 10.1 Å². The molecule has 0 saturated carbocycles. The number of hydrogen-bond donors (Lipinski definition) is 2. The summed E-state index contributed by atoms with van der Waals surface area (Å²) in [6, 6.07) is 36.4. The number of benzene rings is 5. The van der Waals surface area contributed by atoms with Crippen molar-refractivity contribution in [1.82, 2.24) is 14.5 Å². The van der Waals surface area contributed by atoms with Crippen molar-refractivity contribution in [1.29, 1.82) is 0 Å². The van der Waals surface area contributed by atoms with Crippen LogP contribution in [0.5, 0.6) is 0 Å². The van der Waals surface area contributed by atoms with Crippen molar-refractivity contribution in [2.24, 2.45) is 0 Å². The Balaban J connectivity index is 1.08. The van der Waals surface area contributed by atoms with Crippen LogP contribution >= 0.6 is 23.4 Å². The highest BCUT2D eigenvalue weighted by Gasteiger charge is 2.25. The summed E-state index contributed by atoms with van der Waals surface area (Å²) in [5.41, 5.74) is 5.60. The Morgan fingerprint density at radius 3 is 2.30 bits per heavy atom. The van der Waals surface area contributed by atoms with Gasteiger partial charge in [-0.15, -0.1) is 11.8 Å². The first-order valence-corrected chi connectivity index (χ1v) is 21.1. The molecule has 0 spiro atoms. The van der Waals surface area contributed by atoms with Crippen LogP contribution < -0.4 is 10.0 Å². The maximum Gasteiger partial charge on any atom is 0.293 e. The van der Waals surface area contributed by atoms with Crippen molar-refractivity contribution in [2.75, 3.05) is 44.8 Å². The van der Waals surface area contributed by atoms with Gasteiger partial charge < -0.3 is 10.2 Å². The van der Waals surface area contributed by atoms with E-state index in [0.29, 0.717) is 17.2 Å². The van der Waals surface area contributed by atoms with Gasteiger partial charge in [0, 0.05) is 53.0 Å². The zero-order valence-corrected chi connectivity index (χ0v) is 33.6. The number of carbonyl (C=O) groups excluding carboxylic acids is 1. The summed E-state index contributed by atoms with van der Waals surface area (Å²) >= 11 is 7.74. The molecular formula is C43H44ClN5O5S2. The number of sulfonamides is 1. The van der Waals surface area contributed by atoms with E-state index in [0.717, 1.165) is 60.3 Å². The SMILES string of the molecule is CN(C)CC[C@H](CSc1ccccc1)Nc1ccc(S(=O)(=O)NC(=O)c2ccc(C3=CCN(Cc4ccccc4-c4ccc(Cl)cc4)CC3)cc2)cc1[N+](=O)[O-]. The minimum atomic E-state index is -4.43. The van der Waals surface area contributed by atoms with Crippen LogP contribution in [0.1, 0.15) is 34.3 Å². The predicted octanol–water partition coefficient (Wildman–Crippen LogP) is 8.85. The lowest BCUT2D eigenvalue weighted by Gasteiger charge is -2.27. The van der Waals surface area contributed by atoms with Crippen molar-refractivity contribution in [3.05, 3.63) is 159 Å². The second-order valence-electron chi connectivity index (χ2n) is 13.9. The second kappa shape index (κ2) is 18.8. The summed E-state index contributed by atoms with van der Waals surface area (Å²) in [5, 5.41) is 16.1. The van der Waals surface area contributed by atoms with E-state index in [9.17, 15) is 23.3 Å². The van der Waals surface area contributed by atoms with Gasteiger partial charge in [0.05, 0.1) is 9.82 Å². The third-order valence-corrected chi connectivity index (χ3v) is 12.3. The summed E-state index contributed by atoms with van der Waals surface area (Å²) in [4.78, 5) is 29.8. The van der Waals surface area contributed by atoms with Crippen molar-refractivity contribution < 1.29 is 18.1 Å². The van der Waals surface area contributed by atoms with Gasteiger partial charge in [-0.05, 0) is 110 Å². The quantitative estimate of drug-likeness (QED) is 0.0572. The molecule has 1 aliphatic rings. The summed E-state index contributed by atoms with van der Waals surface area (Å²) in [6.07, 6.45) is 3.70. The largest absolute Gasteiger partial charge is 0.376 e. The number of nitrogens with one attached hydrogen (secondary N) is 2. The highest BCUT2D eigenvalue weighted by Crippen LogP contribution is 2.31. The molecule has 0 saturated heterocycles. The minimum Gasteiger partial charge on any atom is -0.376 e. The lowest BCUT2D eigenvalue weighted by Crippen LogP contribution is -2.31. The first kappa shape index (κ1) is 40.7. The number of carbonyl (C=O) groups is 1. The molecule has 0 radical (unpaired) electrons. The number of hydrogen-bond acceptors (Lipinski definition) is 9. The van der Waals surface area contributed by atoms with Gasteiger partial charge in [-0.2, -0.15) is 0 Å². The molecule has 1 heterocycles. The van der Waals surface area contributed by atoms with E-state index in [4.69, 9.17) is 11.6 Å². The van der Waals surface area contributed by atoms with Crippen LogP contribution in [0.2, 0.25) is 5.02 Å². The third-order valence-electron chi connectivity index (χ3n) is 9.56. The smallest absolute Gasteiger partial charge is 0.293 e. The van der Waals surface area contributed by atoms with Crippen molar-refractivity contribution in [3.8, 4) is 11.1 Å². The lowest BCUT2D eigenvalue weighted by atomic mass is 9.96. The van der Waals surface area contributed by atoms with Gasteiger partial charge in [0.1, 0.15) is 5.69 Å². The Kier molecular flexibility index (Phi) is 13.6. The molecule has 1 atom stereocenters. The van der Waals surface area contributed by atoms with Crippen LogP contribution in [0.25, 0.3) is 16.7 Å². The van der Waals surface area contributed by atoms with E-state index < -0.39 is 26.5 Å². The van der Waals surface area contributed by atoms with E-state index in [2.05, 4.69) is 39.2 Å². The number of rotatable bonds is 16. The molecule has 1 aliphatic heterocycles. The maximum absolute atomic E-state index is 13.3. The highest BCUT2D eigenvalue weighted by molar-refractivity contribution is 7.99. The molecular weight excluding hydrogens is 766 g/mol. The number of nitro groups is 1. The van der Waals surface area contributed by atoms with E-state index in [-0.39, 0.29) is 22.2 Å². The minimum absolute atomic E-state index is 0.141. The van der Waals surface area contributed by atoms with Crippen LogP contribution in [-0.2, 0) is 16.6 Å². The molecule has 0 aliphatic carbocycles. The number of nitro benzene ring substituents is 1. The Morgan fingerprint density at radius 2 is 1.62 bits per heavy atom. The second-order valence-corrected chi connectivity index (χ2v) is 17.1. The van der Waals surface area contributed by atoms with E-state index in [1.807, 2.05) is 91.8 Å². The monoisotopic (exact) mass is 809 g/mol. The number of thioether (sulfide) groups is 1. The third kappa shape index (κ3) is 10.9. The Morgan fingerprint density at radius 1 is 0.929 bits per heavy atom. The summed E-state index contributed by atoms with van der Waals surface area (Å²) < 4.78 is 28.8. The van der Waals surface area contributed by atoms with Gasteiger partial charge in [-0.1, -0.05) is 84.4 Å². The molecule has 13 heteroatoms. The first-order chi connectivity index (χ1) is 26.9. The standard InChI is InChI=1S/C43H44ClN5O5S2/c1-47(2)25-24-37(30-55-38-9-4-3-5-10-38)45-41-21-20-39(28-42(41)49(51)52)56(53,54)46-43(50)34-14-12-31(13-15-34)32-22-26-48(27-23-32)29-35-8-6-7-11-40(35)33-16-18-36(44)19-17-33/h3-22,28,37,45H,23-27,29-30H2,1-2H3,(H,46,50)/t37-/m1/s1. The van der Waals surface area contributed by atoms with Crippen LogP contribution in [0.4, 0.5) is 11.4 Å². The first-order valence-electron chi connectivity index (χ1n) is 18.3. The van der Waals surface area contributed by atoms with Crippen molar-refractivity contribution >= 4 is 56.2 Å². The molecule has 5 aromatic carbocycles. The van der Waals surface area contributed by atoms with Gasteiger partial charge in [-0.25, -0.2) is 13.1 Å². The number of amides is 1. The molecule has 1 amide bonds. The van der Waals surface area contributed by atoms with E-state index in [1.165, 1.54) is 23.3 Å². The molecule has 0 bridgehead atoms. The number of nitrogens with zero attached hydrogens (tertiary/aromatic N) is 3. The Bertz CT molecular complexity index is 2290. The summed E-state index contributed by atoms with van der Waals surface area (Å²) in [7, 11) is -0.511. The van der Waals surface area contributed by atoms with Crippen molar-refractivity contribution in [3.63, 3.8) is 0 Å². The topological polar surface area (TPSA) is 125 Å². The number of halogens is 1. The fourth-order valence-corrected chi connectivity index (χ4v) is 8.61. The molecule has 0 unspecified atom stereocenters. The van der Waals surface area contributed by atoms with Gasteiger partial charge in [-0.3, -0.25) is 19.8 Å². The summed E-state index contributed by atoms with van der Waals surface area (Å²) in [5.74, 6) is -0.188. The molecule has 0 aromatic heterocycles. The summed E-state index contributed by atoms with van der Waals surface area (Å²) in [6.45, 7) is 3.15. The zero-order valence-electron chi connectivity index (χ0n) is 31.2. The fraction of sp³-hybridized carbons (Fsp3) is 0.233. The normalized spacial score (nSPS) is 13.9. The highest BCUT2D eigenvalue weighted by atomic mass is 35.5. The van der Waals surface area contributed by atoms with E-state index in [1.54, 1.807) is 23.9 Å². The average molecular weight is 810 g/mol. The van der Waals surface area contributed by atoms with Crippen molar-refractivity contribution in [2.45, 2.75) is 35.2 Å². The van der Waals surface area contributed by atoms with Gasteiger partial charge >= 0.3 is 0 Å². The molecule has 6 rings (SSSR count).